The van der Waals surface area contributed by atoms with Gasteiger partial charge in [0.2, 0.25) is 0 Å². The van der Waals surface area contributed by atoms with Crippen molar-refractivity contribution in [3.8, 4) is 11.5 Å². The zero-order valence-corrected chi connectivity index (χ0v) is 15.6. The van der Waals surface area contributed by atoms with Crippen molar-refractivity contribution < 1.29 is 27.9 Å². The largest absolute Gasteiger partial charge is 0.493 e. The Bertz CT molecular complexity index is 1020. The number of aldehydes is 1. The first-order valence-electron chi connectivity index (χ1n) is 8.92. The number of furan rings is 2. The molecule has 1 amide bonds. The minimum atomic E-state index is -0.388. The summed E-state index contributed by atoms with van der Waals surface area (Å²) in [6.07, 6.45) is 4.28. The Hall–Kier alpha value is -3.81. The molecule has 1 aliphatic heterocycles. The summed E-state index contributed by atoms with van der Waals surface area (Å²) in [5.41, 5.74) is 1.10. The van der Waals surface area contributed by atoms with Crippen LogP contribution in [-0.2, 0) is 4.79 Å². The van der Waals surface area contributed by atoms with Crippen molar-refractivity contribution in [2.75, 3.05) is 13.7 Å². The average molecular weight is 394 g/mol. The molecular formula is C21H18N2O6. The molecule has 148 valence electrons. The number of carbonyl (C=O) groups is 2. The Labute approximate surface area is 166 Å². The van der Waals surface area contributed by atoms with Gasteiger partial charge in [-0.3, -0.25) is 9.59 Å². The molecular weight excluding hydrogens is 376 g/mol. The predicted molar refractivity (Wildman–Crippen MR) is 102 cm³/mol. The average Bonchev–Trinajstić information content (AvgIpc) is 3.51. The smallest absolute Gasteiger partial charge is 0.281 e. The fourth-order valence-electron chi connectivity index (χ4n) is 3.12. The van der Waals surface area contributed by atoms with Crippen LogP contribution in [0.1, 0.15) is 34.3 Å². The van der Waals surface area contributed by atoms with Crippen LogP contribution in [0.5, 0.6) is 11.5 Å². The van der Waals surface area contributed by atoms with Gasteiger partial charge in [0, 0.05) is 12.0 Å². The van der Waals surface area contributed by atoms with E-state index in [1.807, 2.05) is 0 Å². The van der Waals surface area contributed by atoms with E-state index >= 15 is 0 Å². The quantitative estimate of drug-likeness (QED) is 0.570. The summed E-state index contributed by atoms with van der Waals surface area (Å²) in [5.74, 6) is 1.59. The molecule has 3 aromatic rings. The van der Waals surface area contributed by atoms with Gasteiger partial charge in [-0.05, 0) is 42.5 Å². The maximum atomic E-state index is 12.9. The Morgan fingerprint density at radius 2 is 2.03 bits per heavy atom. The Balaban J connectivity index is 1.53. The van der Waals surface area contributed by atoms with E-state index in [1.54, 1.807) is 55.0 Å². The lowest BCUT2D eigenvalue weighted by Gasteiger charge is -2.20. The molecule has 0 saturated carbocycles. The lowest BCUT2D eigenvalue weighted by Crippen LogP contribution is -2.31. The minimum Gasteiger partial charge on any atom is -0.493 e. The van der Waals surface area contributed by atoms with Crippen LogP contribution in [0.25, 0.3) is 0 Å². The molecule has 3 heterocycles. The van der Waals surface area contributed by atoms with Gasteiger partial charge in [0.05, 0.1) is 19.6 Å². The highest BCUT2D eigenvalue weighted by Gasteiger charge is 2.36. The highest BCUT2D eigenvalue weighted by atomic mass is 16.5. The fourth-order valence-corrected chi connectivity index (χ4v) is 3.12. The summed E-state index contributed by atoms with van der Waals surface area (Å²) in [6.45, 7) is -0.261. The summed E-state index contributed by atoms with van der Waals surface area (Å²) in [7, 11) is 1.46. The van der Waals surface area contributed by atoms with Crippen LogP contribution in [0.4, 0.5) is 0 Å². The van der Waals surface area contributed by atoms with Crippen LogP contribution >= 0.6 is 0 Å². The molecule has 1 atom stereocenters. The first kappa shape index (κ1) is 18.5. The molecule has 8 heteroatoms. The lowest BCUT2D eigenvalue weighted by molar-refractivity contribution is -0.135. The fraction of sp³-hybridized carbons (Fsp3) is 0.190. The van der Waals surface area contributed by atoms with E-state index in [9.17, 15) is 9.59 Å². The van der Waals surface area contributed by atoms with E-state index in [-0.39, 0.29) is 18.6 Å². The van der Waals surface area contributed by atoms with E-state index < -0.39 is 0 Å². The first-order chi connectivity index (χ1) is 14.2. The molecule has 1 aromatic carbocycles. The van der Waals surface area contributed by atoms with Crippen molar-refractivity contribution in [3.63, 3.8) is 0 Å². The van der Waals surface area contributed by atoms with Gasteiger partial charge >= 0.3 is 0 Å². The molecule has 1 aliphatic rings. The van der Waals surface area contributed by atoms with Gasteiger partial charge in [-0.2, -0.15) is 5.10 Å². The van der Waals surface area contributed by atoms with Crippen LogP contribution in [-0.4, -0.2) is 36.6 Å². The van der Waals surface area contributed by atoms with Crippen molar-refractivity contribution in [2.45, 2.75) is 12.5 Å². The zero-order chi connectivity index (χ0) is 20.2. The minimum absolute atomic E-state index is 0.261. The monoisotopic (exact) mass is 394 g/mol. The van der Waals surface area contributed by atoms with Crippen LogP contribution in [0.2, 0.25) is 0 Å². The van der Waals surface area contributed by atoms with Crippen molar-refractivity contribution in [1.29, 1.82) is 0 Å². The van der Waals surface area contributed by atoms with Gasteiger partial charge in [0.25, 0.3) is 5.91 Å². The summed E-state index contributed by atoms with van der Waals surface area (Å²) in [5, 5.41) is 5.79. The Morgan fingerprint density at radius 1 is 1.21 bits per heavy atom. The molecule has 29 heavy (non-hydrogen) atoms. The van der Waals surface area contributed by atoms with Crippen molar-refractivity contribution in [3.05, 3.63) is 72.1 Å². The molecule has 0 aliphatic carbocycles. The topological polar surface area (TPSA) is 94.5 Å². The number of amides is 1. The van der Waals surface area contributed by atoms with Crippen molar-refractivity contribution in [1.82, 2.24) is 5.01 Å². The standard InChI is InChI=1S/C21H18N2O6/c1-26-20-10-14(12-24)6-7-19(20)29-13-21(25)23-16(18-5-3-9-28-18)11-15(22-23)17-4-2-8-27-17/h2-10,12,16H,11,13H2,1H3. The van der Waals surface area contributed by atoms with E-state index in [2.05, 4.69) is 5.10 Å². The summed E-state index contributed by atoms with van der Waals surface area (Å²) in [4.78, 5) is 23.8. The Morgan fingerprint density at radius 3 is 2.72 bits per heavy atom. The van der Waals surface area contributed by atoms with Gasteiger partial charge in [0.1, 0.15) is 29.6 Å². The summed E-state index contributed by atoms with van der Waals surface area (Å²) < 4.78 is 21.8. The third kappa shape index (κ3) is 3.77. The third-order valence-corrected chi connectivity index (χ3v) is 4.52. The first-order valence-corrected chi connectivity index (χ1v) is 8.92. The molecule has 1 unspecified atom stereocenters. The number of methoxy groups -OCH3 is 1. The molecule has 0 N–H and O–H groups in total. The number of hydrazone groups is 1. The number of benzene rings is 1. The number of nitrogens with zero attached hydrogens (tertiary/aromatic N) is 2. The number of hydrogen-bond donors (Lipinski definition) is 0. The molecule has 0 saturated heterocycles. The molecule has 2 aromatic heterocycles. The van der Waals surface area contributed by atoms with E-state index in [4.69, 9.17) is 18.3 Å². The summed E-state index contributed by atoms with van der Waals surface area (Å²) in [6, 6.07) is 11.4. The zero-order valence-electron chi connectivity index (χ0n) is 15.6. The number of ether oxygens (including phenoxy) is 2. The van der Waals surface area contributed by atoms with Crippen molar-refractivity contribution >= 4 is 17.9 Å². The third-order valence-electron chi connectivity index (χ3n) is 4.52. The highest BCUT2D eigenvalue weighted by molar-refractivity contribution is 6.01. The number of carbonyl (C=O) groups excluding carboxylic acids is 2. The molecule has 0 spiro atoms. The van der Waals surface area contributed by atoms with Gasteiger partial charge in [0.15, 0.2) is 18.1 Å². The van der Waals surface area contributed by atoms with Crippen LogP contribution in [0.3, 0.4) is 0 Å². The van der Waals surface area contributed by atoms with Crippen LogP contribution < -0.4 is 9.47 Å². The van der Waals surface area contributed by atoms with Crippen LogP contribution in [0, 0.1) is 0 Å². The van der Waals surface area contributed by atoms with Gasteiger partial charge in [-0.1, -0.05) is 0 Å². The second-order valence-corrected chi connectivity index (χ2v) is 6.31. The molecule has 0 radical (unpaired) electrons. The summed E-state index contributed by atoms with van der Waals surface area (Å²) >= 11 is 0. The normalized spacial score (nSPS) is 15.8. The second-order valence-electron chi connectivity index (χ2n) is 6.31. The van der Waals surface area contributed by atoms with Crippen LogP contribution in [0.15, 0.2) is 68.9 Å². The number of hydrogen-bond acceptors (Lipinski definition) is 7. The Kier molecular flexibility index (Phi) is 5.15. The predicted octanol–water partition coefficient (Wildman–Crippen LogP) is 3.45. The van der Waals surface area contributed by atoms with Gasteiger partial charge < -0.3 is 18.3 Å². The van der Waals surface area contributed by atoms with Gasteiger partial charge in [-0.15, -0.1) is 0 Å². The van der Waals surface area contributed by atoms with E-state index in [0.29, 0.717) is 47.0 Å². The molecule has 0 fully saturated rings. The van der Waals surface area contributed by atoms with Gasteiger partial charge in [-0.25, -0.2) is 5.01 Å². The molecule has 8 nitrogen and oxygen atoms in total. The molecule has 0 bridgehead atoms. The van der Waals surface area contributed by atoms with Crippen molar-refractivity contribution in [2.24, 2.45) is 5.10 Å². The highest BCUT2D eigenvalue weighted by Crippen LogP contribution is 2.34. The maximum absolute atomic E-state index is 12.9. The maximum Gasteiger partial charge on any atom is 0.281 e. The lowest BCUT2D eigenvalue weighted by atomic mass is 10.1. The second kappa shape index (κ2) is 8.05. The number of rotatable bonds is 7. The van der Waals surface area contributed by atoms with E-state index in [1.165, 1.54) is 12.1 Å². The van der Waals surface area contributed by atoms with E-state index in [0.717, 1.165) is 0 Å². The SMILES string of the molecule is COc1cc(C=O)ccc1OCC(=O)N1N=C(c2ccco2)CC1c1ccco1. The molecule has 4 rings (SSSR count).